The van der Waals surface area contributed by atoms with Crippen molar-refractivity contribution in [2.75, 3.05) is 27.4 Å². The van der Waals surface area contributed by atoms with E-state index >= 15 is 0 Å². The van der Waals surface area contributed by atoms with Crippen LogP contribution in [0.5, 0.6) is 17.2 Å². The number of benzene rings is 3. The number of carbonyl (C=O) groups excluding carboxylic acids is 2. The van der Waals surface area contributed by atoms with Gasteiger partial charge in [0.1, 0.15) is 23.0 Å². The average Bonchev–Trinajstić information content (AvgIpc) is 3.20. The Morgan fingerprint density at radius 2 is 1.55 bits per heavy atom. The van der Waals surface area contributed by atoms with Crippen molar-refractivity contribution in [1.29, 1.82) is 0 Å². The fourth-order valence-corrected chi connectivity index (χ4v) is 4.44. The molecule has 0 spiro atoms. The molecule has 38 heavy (non-hydrogen) atoms. The molecule has 1 amide bonds. The molecule has 1 unspecified atom stereocenters. The van der Waals surface area contributed by atoms with Gasteiger partial charge < -0.3 is 24.2 Å². The van der Waals surface area contributed by atoms with E-state index in [4.69, 9.17) is 14.2 Å². The van der Waals surface area contributed by atoms with Gasteiger partial charge in [0, 0.05) is 12.1 Å². The highest BCUT2D eigenvalue weighted by atomic mass is 16.5. The number of amides is 1. The Hall–Kier alpha value is -4.26. The highest BCUT2D eigenvalue weighted by molar-refractivity contribution is 6.46. The third-order valence-corrected chi connectivity index (χ3v) is 6.46. The Bertz CT molecular complexity index is 1310. The molecule has 1 aliphatic rings. The first-order valence-electron chi connectivity index (χ1n) is 12.6. The van der Waals surface area contributed by atoms with Crippen molar-refractivity contribution in [1.82, 2.24) is 4.90 Å². The van der Waals surface area contributed by atoms with E-state index in [1.165, 1.54) is 4.90 Å². The molecule has 0 saturated carbocycles. The van der Waals surface area contributed by atoms with Crippen LogP contribution in [-0.4, -0.2) is 49.1 Å². The van der Waals surface area contributed by atoms with Crippen molar-refractivity contribution >= 4 is 17.4 Å². The number of ketones is 1. The number of likely N-dealkylation sites (tertiary alicyclic amines) is 1. The highest BCUT2D eigenvalue weighted by Crippen LogP contribution is 2.40. The van der Waals surface area contributed by atoms with E-state index in [0.717, 1.165) is 11.3 Å². The zero-order chi connectivity index (χ0) is 27.2. The maximum Gasteiger partial charge on any atom is 0.295 e. The van der Waals surface area contributed by atoms with Crippen LogP contribution < -0.4 is 14.2 Å². The molecule has 1 aliphatic heterocycles. The van der Waals surface area contributed by atoms with Crippen LogP contribution >= 0.6 is 0 Å². The van der Waals surface area contributed by atoms with Crippen molar-refractivity contribution in [3.05, 3.63) is 95.1 Å². The van der Waals surface area contributed by atoms with Gasteiger partial charge in [-0.2, -0.15) is 0 Å². The van der Waals surface area contributed by atoms with Gasteiger partial charge in [-0.05, 0) is 72.0 Å². The summed E-state index contributed by atoms with van der Waals surface area (Å²) in [5, 5.41) is 11.3. The van der Waals surface area contributed by atoms with Gasteiger partial charge in [0.2, 0.25) is 0 Å². The minimum Gasteiger partial charge on any atom is -0.507 e. The van der Waals surface area contributed by atoms with E-state index in [-0.39, 0.29) is 17.9 Å². The standard InChI is InChI=1S/C31H33NO6/c1-20(2)19-38-25-14-10-22(11-15-25)29(33)27-28(23-6-5-7-26(18-23)37-4)32(31(35)30(27)34)17-16-21-8-12-24(36-3)13-9-21/h5-15,18,20,28,33H,16-17,19H2,1-4H3/b29-27-. The lowest BCUT2D eigenvalue weighted by molar-refractivity contribution is -0.139. The Balaban J connectivity index is 1.70. The van der Waals surface area contributed by atoms with Crippen LogP contribution in [0.4, 0.5) is 0 Å². The summed E-state index contributed by atoms with van der Waals surface area (Å²) in [4.78, 5) is 28.1. The highest BCUT2D eigenvalue weighted by Gasteiger charge is 2.46. The molecule has 7 nitrogen and oxygen atoms in total. The third-order valence-electron chi connectivity index (χ3n) is 6.46. The Labute approximate surface area is 223 Å². The number of Topliss-reactive ketones (excluding diaryl/α,β-unsaturated/α-hetero) is 1. The summed E-state index contributed by atoms with van der Waals surface area (Å²) in [6.45, 7) is 4.98. The molecular weight excluding hydrogens is 482 g/mol. The van der Waals surface area contributed by atoms with Crippen LogP contribution in [0.1, 0.15) is 36.6 Å². The summed E-state index contributed by atoms with van der Waals surface area (Å²) in [7, 11) is 3.16. The Morgan fingerprint density at radius 1 is 0.895 bits per heavy atom. The number of aliphatic hydroxyl groups is 1. The average molecular weight is 516 g/mol. The summed E-state index contributed by atoms with van der Waals surface area (Å²) in [5.74, 6) is 0.786. The second-order valence-corrected chi connectivity index (χ2v) is 9.60. The van der Waals surface area contributed by atoms with E-state index < -0.39 is 17.7 Å². The molecule has 4 rings (SSSR count). The summed E-state index contributed by atoms with van der Waals surface area (Å²) < 4.78 is 16.4. The van der Waals surface area contributed by atoms with Gasteiger partial charge in [0.25, 0.3) is 11.7 Å². The first-order valence-corrected chi connectivity index (χ1v) is 12.6. The summed E-state index contributed by atoms with van der Waals surface area (Å²) in [5.41, 5.74) is 2.16. The predicted molar refractivity (Wildman–Crippen MR) is 145 cm³/mol. The minimum absolute atomic E-state index is 0.0498. The van der Waals surface area contributed by atoms with Crippen molar-refractivity contribution < 1.29 is 28.9 Å². The number of methoxy groups -OCH3 is 2. The summed E-state index contributed by atoms with van der Waals surface area (Å²) in [6, 6.07) is 20.9. The predicted octanol–water partition coefficient (Wildman–Crippen LogP) is 5.40. The lowest BCUT2D eigenvalue weighted by atomic mass is 9.95. The lowest BCUT2D eigenvalue weighted by Gasteiger charge is -2.25. The van der Waals surface area contributed by atoms with Crippen LogP contribution in [0.15, 0.2) is 78.4 Å². The molecule has 3 aromatic rings. The second kappa shape index (κ2) is 11.9. The van der Waals surface area contributed by atoms with Gasteiger partial charge in [-0.15, -0.1) is 0 Å². The molecule has 1 saturated heterocycles. The van der Waals surface area contributed by atoms with E-state index in [2.05, 4.69) is 13.8 Å². The van der Waals surface area contributed by atoms with Gasteiger partial charge in [0.05, 0.1) is 32.4 Å². The maximum atomic E-state index is 13.3. The van der Waals surface area contributed by atoms with Gasteiger partial charge >= 0.3 is 0 Å². The van der Waals surface area contributed by atoms with E-state index in [1.807, 2.05) is 30.3 Å². The second-order valence-electron chi connectivity index (χ2n) is 9.60. The number of carbonyl (C=O) groups is 2. The first kappa shape index (κ1) is 26.8. The Morgan fingerprint density at radius 3 is 2.18 bits per heavy atom. The molecule has 1 atom stereocenters. The topological polar surface area (TPSA) is 85.3 Å². The minimum atomic E-state index is -0.764. The van der Waals surface area contributed by atoms with Gasteiger partial charge in [0.15, 0.2) is 0 Å². The maximum absolute atomic E-state index is 13.3. The largest absolute Gasteiger partial charge is 0.507 e. The molecule has 1 heterocycles. The van der Waals surface area contributed by atoms with E-state index in [0.29, 0.717) is 41.6 Å². The van der Waals surface area contributed by atoms with Crippen LogP contribution in [0.25, 0.3) is 5.76 Å². The van der Waals surface area contributed by atoms with Crippen LogP contribution in [0.2, 0.25) is 0 Å². The molecular formula is C31H33NO6. The molecule has 7 heteroatoms. The number of ether oxygens (including phenoxy) is 3. The molecule has 1 fully saturated rings. The Kier molecular flexibility index (Phi) is 8.36. The smallest absolute Gasteiger partial charge is 0.295 e. The molecule has 3 aromatic carbocycles. The van der Waals surface area contributed by atoms with Crippen molar-refractivity contribution in [3.8, 4) is 17.2 Å². The fourth-order valence-electron chi connectivity index (χ4n) is 4.44. The van der Waals surface area contributed by atoms with E-state index in [1.54, 1.807) is 56.7 Å². The van der Waals surface area contributed by atoms with Crippen LogP contribution in [0.3, 0.4) is 0 Å². The number of hydrogen-bond donors (Lipinski definition) is 1. The fraction of sp³-hybridized carbons (Fsp3) is 0.290. The van der Waals surface area contributed by atoms with Crippen molar-refractivity contribution in [2.24, 2.45) is 5.92 Å². The molecule has 0 aliphatic carbocycles. The third kappa shape index (κ3) is 5.83. The summed E-state index contributed by atoms with van der Waals surface area (Å²) >= 11 is 0. The molecule has 198 valence electrons. The van der Waals surface area contributed by atoms with Gasteiger partial charge in [-0.25, -0.2) is 0 Å². The molecule has 0 bridgehead atoms. The molecule has 0 radical (unpaired) electrons. The zero-order valence-electron chi connectivity index (χ0n) is 22.1. The van der Waals surface area contributed by atoms with Crippen molar-refractivity contribution in [3.63, 3.8) is 0 Å². The quantitative estimate of drug-likeness (QED) is 0.221. The van der Waals surface area contributed by atoms with Crippen LogP contribution in [-0.2, 0) is 16.0 Å². The van der Waals surface area contributed by atoms with E-state index in [9.17, 15) is 14.7 Å². The normalized spacial score (nSPS) is 16.7. The molecule has 1 N–H and O–H groups in total. The number of hydrogen-bond acceptors (Lipinski definition) is 6. The lowest BCUT2D eigenvalue weighted by Crippen LogP contribution is -2.31. The van der Waals surface area contributed by atoms with Gasteiger partial charge in [-0.1, -0.05) is 38.1 Å². The molecule has 0 aromatic heterocycles. The number of rotatable bonds is 10. The summed E-state index contributed by atoms with van der Waals surface area (Å²) in [6.07, 6.45) is 0.527. The van der Waals surface area contributed by atoms with Crippen molar-refractivity contribution in [2.45, 2.75) is 26.3 Å². The SMILES string of the molecule is COc1ccc(CCN2C(=O)C(=O)/C(=C(\O)c3ccc(OCC(C)C)cc3)C2c2cccc(OC)c2)cc1. The number of nitrogens with zero attached hydrogens (tertiary/aromatic N) is 1. The van der Waals surface area contributed by atoms with Crippen LogP contribution in [0, 0.1) is 5.92 Å². The first-order chi connectivity index (χ1) is 18.3. The van der Waals surface area contributed by atoms with Gasteiger partial charge in [-0.3, -0.25) is 9.59 Å². The number of aliphatic hydroxyl groups excluding tert-OH is 1. The zero-order valence-corrected chi connectivity index (χ0v) is 22.1. The monoisotopic (exact) mass is 515 g/mol.